The van der Waals surface area contributed by atoms with Crippen LogP contribution in [-0.4, -0.2) is 38.7 Å². The number of nitrogens with one attached hydrogen (secondary N) is 2. The van der Waals surface area contributed by atoms with Crippen molar-refractivity contribution in [3.05, 3.63) is 30.0 Å². The molecule has 0 saturated heterocycles. The minimum atomic E-state index is -1.30. The van der Waals surface area contributed by atoms with Crippen LogP contribution in [0.5, 0.6) is 0 Å². The maximum atomic E-state index is 10.6. The summed E-state index contributed by atoms with van der Waals surface area (Å²) >= 11 is 0. The normalized spacial score (nSPS) is 10.5. The van der Waals surface area contributed by atoms with Crippen molar-refractivity contribution in [2.75, 3.05) is 6.54 Å². The van der Waals surface area contributed by atoms with Crippen LogP contribution >= 0.6 is 0 Å². The maximum Gasteiger partial charge on any atom is 0.352 e. The number of aromatic amines is 1. The smallest absolute Gasteiger partial charge is 0.352 e. The number of rotatable bonds is 6. The van der Waals surface area contributed by atoms with Gasteiger partial charge in [0.15, 0.2) is 0 Å². The van der Waals surface area contributed by atoms with Gasteiger partial charge in [0.25, 0.3) is 0 Å². The van der Waals surface area contributed by atoms with Crippen LogP contribution in [0.25, 0.3) is 0 Å². The second-order valence-electron chi connectivity index (χ2n) is 2.96. The first-order valence-electron chi connectivity index (χ1n) is 4.48. The number of nitrogens with zero attached hydrogens (tertiary/aromatic N) is 1. The van der Waals surface area contributed by atoms with Crippen molar-refractivity contribution in [2.45, 2.75) is 6.42 Å². The molecule has 0 aliphatic rings. The van der Waals surface area contributed by atoms with Gasteiger partial charge < -0.3 is 20.5 Å². The van der Waals surface area contributed by atoms with E-state index in [9.17, 15) is 9.59 Å². The Bertz CT molecular complexity index is 402. The van der Waals surface area contributed by atoms with Crippen molar-refractivity contribution in [1.82, 2.24) is 15.3 Å². The van der Waals surface area contributed by atoms with Crippen molar-refractivity contribution >= 4 is 11.9 Å². The van der Waals surface area contributed by atoms with Crippen molar-refractivity contribution in [3.63, 3.8) is 0 Å². The summed E-state index contributed by atoms with van der Waals surface area (Å²) < 4.78 is 0. The topological polar surface area (TPSA) is 115 Å². The molecule has 0 atom stereocenters. The van der Waals surface area contributed by atoms with E-state index in [2.05, 4.69) is 15.3 Å². The Balaban J connectivity index is 0.00000256. The molecule has 7 nitrogen and oxygen atoms in total. The third-order valence-electron chi connectivity index (χ3n) is 1.76. The molecule has 0 radical (unpaired) electrons. The zero-order valence-electron chi connectivity index (χ0n) is 9.01. The minimum absolute atomic E-state index is 0. The largest absolute Gasteiger partial charge is 0.478 e. The summed E-state index contributed by atoms with van der Waals surface area (Å²) in [6.07, 6.45) is 4.28. The fraction of sp³-hybridized carbons (Fsp3) is 0.222. The number of aliphatic carboxylic acids is 2. The number of aromatic nitrogens is 2. The van der Waals surface area contributed by atoms with Crippen LogP contribution in [0, 0.1) is 0 Å². The first-order chi connectivity index (χ1) is 7.59. The van der Waals surface area contributed by atoms with Crippen LogP contribution in [0.1, 0.15) is 5.69 Å². The number of imidazole rings is 1. The number of carboxylic acids is 2. The Morgan fingerprint density at radius 1 is 1.47 bits per heavy atom. The molecule has 0 amide bonds. The van der Waals surface area contributed by atoms with E-state index in [1.807, 2.05) is 0 Å². The van der Waals surface area contributed by atoms with E-state index in [1.165, 1.54) is 6.33 Å². The molecule has 0 unspecified atom stereocenters. The predicted molar refractivity (Wildman–Crippen MR) is 53.6 cm³/mol. The first kappa shape index (κ1) is 15.3. The van der Waals surface area contributed by atoms with E-state index in [-0.39, 0.29) is 25.2 Å². The van der Waals surface area contributed by atoms with Gasteiger partial charge in [-0.1, -0.05) is 0 Å². The second kappa shape index (κ2) is 7.56. The van der Waals surface area contributed by atoms with E-state index in [1.54, 1.807) is 6.20 Å². The Kier molecular flexibility index (Phi) is 6.81. The number of carboxylic acid groups (broad SMARTS) is 2. The molecule has 1 rings (SSSR count). The summed E-state index contributed by atoms with van der Waals surface area (Å²) in [6, 6.07) is 0. The number of hydrogen-bond donors (Lipinski definition) is 4. The van der Waals surface area contributed by atoms with Crippen molar-refractivity contribution < 1.29 is 39.3 Å². The SMILES string of the molecule is O=C(O)/C=C(/NCCc1cnc[nH]1)C(=O)O.[Zn]. The van der Waals surface area contributed by atoms with E-state index in [0.717, 1.165) is 5.69 Å². The van der Waals surface area contributed by atoms with Gasteiger partial charge in [0.2, 0.25) is 0 Å². The van der Waals surface area contributed by atoms with E-state index in [4.69, 9.17) is 10.2 Å². The summed E-state index contributed by atoms with van der Waals surface area (Å²) in [7, 11) is 0. The Hall–Kier alpha value is -1.69. The zero-order chi connectivity index (χ0) is 12.0. The summed E-state index contributed by atoms with van der Waals surface area (Å²) in [5, 5.41) is 19.6. The number of H-pyrrole nitrogens is 1. The van der Waals surface area contributed by atoms with Crippen LogP contribution in [0.2, 0.25) is 0 Å². The maximum absolute atomic E-state index is 10.6. The van der Waals surface area contributed by atoms with Crippen LogP contribution in [-0.2, 0) is 35.5 Å². The monoisotopic (exact) mass is 289 g/mol. The molecule has 8 heteroatoms. The molecule has 0 aliphatic carbocycles. The Morgan fingerprint density at radius 3 is 2.65 bits per heavy atom. The Morgan fingerprint density at radius 2 is 2.18 bits per heavy atom. The van der Waals surface area contributed by atoms with Gasteiger partial charge in [-0.2, -0.15) is 0 Å². The summed E-state index contributed by atoms with van der Waals surface area (Å²) in [5.74, 6) is -2.60. The standard InChI is InChI=1S/C9H11N3O4.Zn/c13-8(14)3-7(9(15)16)11-2-1-6-4-10-5-12-6;/h3-5,11H,1-2H2,(H,10,12)(H,13,14)(H,15,16);/b7-3+;. The molecular weight excluding hydrogens is 280 g/mol. The quantitative estimate of drug-likeness (QED) is 0.418. The molecule has 1 heterocycles. The number of hydrogen-bond acceptors (Lipinski definition) is 4. The van der Waals surface area contributed by atoms with Crippen molar-refractivity contribution in [2.24, 2.45) is 0 Å². The average molecular weight is 291 g/mol. The Labute approximate surface area is 110 Å². The molecular formula is C9H11N3O4Zn. The first-order valence-corrected chi connectivity index (χ1v) is 4.48. The van der Waals surface area contributed by atoms with Crippen LogP contribution in [0.15, 0.2) is 24.3 Å². The van der Waals surface area contributed by atoms with Crippen LogP contribution < -0.4 is 5.32 Å². The molecule has 0 saturated carbocycles. The fourth-order valence-corrected chi connectivity index (χ4v) is 1.07. The third-order valence-corrected chi connectivity index (χ3v) is 1.76. The van der Waals surface area contributed by atoms with E-state index in [0.29, 0.717) is 19.0 Å². The van der Waals surface area contributed by atoms with Gasteiger partial charge in [-0.15, -0.1) is 0 Å². The molecule has 17 heavy (non-hydrogen) atoms. The minimum Gasteiger partial charge on any atom is -0.478 e. The van der Waals surface area contributed by atoms with E-state index >= 15 is 0 Å². The third kappa shape index (κ3) is 5.82. The molecule has 0 aromatic carbocycles. The second-order valence-corrected chi connectivity index (χ2v) is 2.96. The molecule has 0 fully saturated rings. The van der Waals surface area contributed by atoms with Gasteiger partial charge in [-0.25, -0.2) is 14.6 Å². The molecule has 0 bridgehead atoms. The van der Waals surface area contributed by atoms with Crippen LogP contribution in [0.3, 0.4) is 0 Å². The molecule has 1 aromatic heterocycles. The predicted octanol–water partition coefficient (Wildman–Crippen LogP) is -0.408. The van der Waals surface area contributed by atoms with Gasteiger partial charge in [-0.05, 0) is 0 Å². The number of carbonyl (C=O) groups is 2. The summed E-state index contributed by atoms with van der Waals surface area (Å²) in [5.41, 5.74) is 0.500. The summed E-state index contributed by atoms with van der Waals surface area (Å²) in [4.78, 5) is 27.6. The zero-order valence-corrected chi connectivity index (χ0v) is 12.0. The van der Waals surface area contributed by atoms with Crippen molar-refractivity contribution in [1.29, 1.82) is 0 Å². The molecule has 0 aliphatic heterocycles. The molecule has 88 valence electrons. The molecule has 0 spiro atoms. The van der Waals surface area contributed by atoms with Gasteiger partial charge in [0, 0.05) is 44.3 Å². The van der Waals surface area contributed by atoms with E-state index < -0.39 is 11.9 Å². The van der Waals surface area contributed by atoms with Crippen molar-refractivity contribution in [3.8, 4) is 0 Å². The van der Waals surface area contributed by atoms with Gasteiger partial charge in [0.05, 0.1) is 12.4 Å². The van der Waals surface area contributed by atoms with Gasteiger partial charge in [-0.3, -0.25) is 0 Å². The fourth-order valence-electron chi connectivity index (χ4n) is 1.07. The van der Waals surface area contributed by atoms with Gasteiger partial charge >= 0.3 is 11.9 Å². The average Bonchev–Trinajstić information content (AvgIpc) is 2.68. The van der Waals surface area contributed by atoms with Crippen LogP contribution in [0.4, 0.5) is 0 Å². The van der Waals surface area contributed by atoms with Gasteiger partial charge in [0.1, 0.15) is 5.70 Å². The molecule has 1 aromatic rings. The molecule has 4 N–H and O–H groups in total. The summed E-state index contributed by atoms with van der Waals surface area (Å²) in [6.45, 7) is 0.313.